The second-order valence-corrected chi connectivity index (χ2v) is 7.68. The lowest BCUT2D eigenvalue weighted by Crippen LogP contribution is -1.96. The average Bonchev–Trinajstić information content (AvgIpc) is 3.39. The van der Waals surface area contributed by atoms with Crippen LogP contribution in [0.1, 0.15) is 42.5 Å². The number of fused-ring (bicyclic) bond motifs is 1. The number of aromatic hydroxyl groups is 1. The highest BCUT2D eigenvalue weighted by Crippen LogP contribution is 2.41. The Hall–Kier alpha value is -3.48. The molecule has 1 saturated carbocycles. The molecule has 0 aliphatic heterocycles. The third-order valence-corrected chi connectivity index (χ3v) is 5.52. The van der Waals surface area contributed by atoms with E-state index in [1.165, 1.54) is 18.5 Å². The first-order valence-electron chi connectivity index (χ1n) is 9.72. The largest absolute Gasteiger partial charge is 0.494 e. The van der Waals surface area contributed by atoms with Gasteiger partial charge in [-0.2, -0.15) is 5.10 Å². The lowest BCUT2D eigenvalue weighted by Gasteiger charge is -2.05. The highest BCUT2D eigenvalue weighted by atomic mass is 16.3. The lowest BCUT2D eigenvalue weighted by molar-refractivity contribution is 0.457. The molecule has 1 fully saturated rings. The number of nitrogens with one attached hydrogen (secondary N) is 1. The Bertz CT molecular complexity index is 1260. The molecule has 0 unspecified atom stereocenters. The molecule has 0 radical (unpaired) electrons. The summed E-state index contributed by atoms with van der Waals surface area (Å²) >= 11 is 0. The summed E-state index contributed by atoms with van der Waals surface area (Å²) in [7, 11) is 1.96. The van der Waals surface area contributed by atoms with Crippen LogP contribution in [0, 0.1) is 6.92 Å². The summed E-state index contributed by atoms with van der Waals surface area (Å²) in [5.41, 5.74) is 6.23. The van der Waals surface area contributed by atoms with Crippen molar-refractivity contribution in [2.24, 2.45) is 12.0 Å². The van der Waals surface area contributed by atoms with Gasteiger partial charge in [0.15, 0.2) is 11.7 Å². The number of pyridine rings is 2. The Labute approximate surface area is 168 Å². The van der Waals surface area contributed by atoms with Crippen molar-refractivity contribution in [1.82, 2.24) is 24.7 Å². The van der Waals surface area contributed by atoms with E-state index in [1.807, 2.05) is 50.0 Å². The Morgan fingerprint density at radius 2 is 2.10 bits per heavy atom. The van der Waals surface area contributed by atoms with Gasteiger partial charge in [-0.3, -0.25) is 14.6 Å². The third-order valence-electron chi connectivity index (χ3n) is 5.52. The zero-order valence-corrected chi connectivity index (χ0v) is 16.6. The van der Waals surface area contributed by atoms with Gasteiger partial charge in [-0.1, -0.05) is 0 Å². The van der Waals surface area contributed by atoms with Crippen LogP contribution in [0.4, 0.5) is 5.82 Å². The van der Waals surface area contributed by atoms with Crippen LogP contribution >= 0.6 is 0 Å². The molecular formula is C22H22N6O. The Balaban J connectivity index is 1.60. The number of hydrogen-bond acceptors (Lipinski definition) is 5. The van der Waals surface area contributed by atoms with Crippen molar-refractivity contribution < 1.29 is 5.11 Å². The molecule has 29 heavy (non-hydrogen) atoms. The molecule has 4 aromatic rings. The van der Waals surface area contributed by atoms with Crippen LogP contribution in [0.5, 0.6) is 5.88 Å². The number of nitrogens with zero attached hydrogens (tertiary/aromatic N) is 5. The minimum absolute atomic E-state index is 0.0847. The predicted molar refractivity (Wildman–Crippen MR) is 113 cm³/mol. The fourth-order valence-corrected chi connectivity index (χ4v) is 3.83. The molecule has 0 atom stereocenters. The molecule has 4 aromatic heterocycles. The summed E-state index contributed by atoms with van der Waals surface area (Å²) in [5, 5.41) is 16.0. The Morgan fingerprint density at radius 3 is 2.86 bits per heavy atom. The van der Waals surface area contributed by atoms with Crippen molar-refractivity contribution in [2.75, 3.05) is 0 Å². The summed E-state index contributed by atoms with van der Waals surface area (Å²) in [6, 6.07) is 5.97. The van der Waals surface area contributed by atoms with E-state index in [0.29, 0.717) is 23.0 Å². The van der Waals surface area contributed by atoms with Crippen LogP contribution in [-0.4, -0.2) is 35.6 Å². The van der Waals surface area contributed by atoms with Crippen LogP contribution in [0.25, 0.3) is 22.2 Å². The third kappa shape index (κ3) is 3.08. The van der Waals surface area contributed by atoms with Crippen LogP contribution in [0.3, 0.4) is 0 Å². The van der Waals surface area contributed by atoms with Crippen molar-refractivity contribution in [3.05, 3.63) is 53.6 Å². The summed E-state index contributed by atoms with van der Waals surface area (Å²) in [5.74, 6) is 1.36. The van der Waals surface area contributed by atoms with Crippen LogP contribution < -0.4 is 0 Å². The fraction of sp³-hybridized carbons (Fsp3) is 0.273. The van der Waals surface area contributed by atoms with E-state index in [1.54, 1.807) is 12.4 Å². The van der Waals surface area contributed by atoms with Gasteiger partial charge in [0.05, 0.1) is 28.7 Å². The SMILES string of the molecule is CC(=Nc1cc(C2CC2)n(C)n1)c1c(O)[nH]c2cnc(-c3cnccc3C)cc12. The van der Waals surface area contributed by atoms with Crippen LogP contribution in [-0.2, 0) is 7.05 Å². The van der Waals surface area contributed by atoms with Crippen molar-refractivity contribution in [1.29, 1.82) is 0 Å². The summed E-state index contributed by atoms with van der Waals surface area (Å²) in [4.78, 5) is 16.5. The van der Waals surface area contributed by atoms with E-state index < -0.39 is 0 Å². The van der Waals surface area contributed by atoms with Gasteiger partial charge >= 0.3 is 0 Å². The van der Waals surface area contributed by atoms with E-state index in [9.17, 15) is 5.11 Å². The molecular weight excluding hydrogens is 364 g/mol. The second-order valence-electron chi connectivity index (χ2n) is 7.68. The predicted octanol–water partition coefficient (Wildman–Crippen LogP) is 4.39. The van der Waals surface area contributed by atoms with Gasteiger partial charge in [0.1, 0.15) is 0 Å². The topological polar surface area (TPSA) is 92.0 Å². The van der Waals surface area contributed by atoms with E-state index in [4.69, 9.17) is 4.99 Å². The number of H-pyrrole nitrogens is 1. The number of rotatable bonds is 4. The Morgan fingerprint density at radius 1 is 1.28 bits per heavy atom. The molecule has 4 heterocycles. The molecule has 5 rings (SSSR count). The summed E-state index contributed by atoms with van der Waals surface area (Å²) < 4.78 is 1.91. The smallest absolute Gasteiger partial charge is 0.198 e. The van der Waals surface area contributed by atoms with Gasteiger partial charge in [0.2, 0.25) is 0 Å². The normalized spacial score (nSPS) is 14.7. The summed E-state index contributed by atoms with van der Waals surface area (Å²) in [6.45, 7) is 3.92. The standard InChI is InChI=1S/C22H22N6O/c1-12-6-7-23-10-16(12)17-8-15-18(11-24-17)26-22(29)21(15)13(2)25-20-9-19(14-4-5-14)28(3)27-20/h6-11,14,26,29H,4-5H2,1-3H3. The van der Waals surface area contributed by atoms with Crippen LogP contribution in [0.15, 0.2) is 41.8 Å². The first-order valence-corrected chi connectivity index (χ1v) is 9.72. The molecule has 1 aliphatic rings. The monoisotopic (exact) mass is 386 g/mol. The number of aromatic amines is 1. The molecule has 0 spiro atoms. The molecule has 0 saturated heterocycles. The zero-order valence-electron chi connectivity index (χ0n) is 16.6. The molecule has 0 aromatic carbocycles. The minimum Gasteiger partial charge on any atom is -0.494 e. The van der Waals surface area contributed by atoms with E-state index in [0.717, 1.165) is 27.7 Å². The van der Waals surface area contributed by atoms with Crippen molar-refractivity contribution in [3.8, 4) is 17.1 Å². The van der Waals surface area contributed by atoms with Gasteiger partial charge in [-0.05, 0) is 44.4 Å². The quantitative estimate of drug-likeness (QED) is 0.509. The Kier molecular flexibility index (Phi) is 3.97. The highest BCUT2D eigenvalue weighted by Gasteiger charge is 2.27. The fourth-order valence-electron chi connectivity index (χ4n) is 3.83. The van der Waals surface area contributed by atoms with Gasteiger partial charge in [0, 0.05) is 48.1 Å². The minimum atomic E-state index is 0.0847. The second kappa shape index (κ2) is 6.55. The number of hydrogen-bond donors (Lipinski definition) is 2. The number of aromatic nitrogens is 5. The molecule has 1 aliphatic carbocycles. The molecule has 0 amide bonds. The molecule has 2 N–H and O–H groups in total. The van der Waals surface area contributed by atoms with Gasteiger partial charge < -0.3 is 10.1 Å². The summed E-state index contributed by atoms with van der Waals surface area (Å²) in [6.07, 6.45) is 7.75. The maximum Gasteiger partial charge on any atom is 0.198 e. The van der Waals surface area contributed by atoms with Gasteiger partial charge in [0.25, 0.3) is 0 Å². The van der Waals surface area contributed by atoms with Crippen molar-refractivity contribution in [2.45, 2.75) is 32.6 Å². The van der Waals surface area contributed by atoms with Gasteiger partial charge in [-0.15, -0.1) is 0 Å². The average molecular weight is 386 g/mol. The van der Waals surface area contributed by atoms with Crippen LogP contribution in [0.2, 0.25) is 0 Å². The number of aryl methyl sites for hydroxylation is 2. The molecule has 7 nitrogen and oxygen atoms in total. The maximum atomic E-state index is 10.6. The van der Waals surface area contributed by atoms with Crippen molar-refractivity contribution >= 4 is 22.4 Å². The molecule has 146 valence electrons. The maximum absolute atomic E-state index is 10.6. The van der Waals surface area contributed by atoms with Gasteiger partial charge in [-0.25, -0.2) is 4.99 Å². The highest BCUT2D eigenvalue weighted by molar-refractivity contribution is 6.13. The van der Waals surface area contributed by atoms with Crippen molar-refractivity contribution in [3.63, 3.8) is 0 Å². The van der Waals surface area contributed by atoms with E-state index in [2.05, 4.69) is 20.1 Å². The number of aliphatic imine (C=N–C) groups is 1. The zero-order chi connectivity index (χ0) is 20.1. The first-order chi connectivity index (χ1) is 14.0. The lowest BCUT2D eigenvalue weighted by atomic mass is 10.0. The van der Waals surface area contributed by atoms with E-state index >= 15 is 0 Å². The molecule has 7 heteroatoms. The first kappa shape index (κ1) is 17.6. The van der Waals surface area contributed by atoms with E-state index in [-0.39, 0.29) is 5.88 Å². The molecule has 0 bridgehead atoms.